The Kier molecular flexibility index (Phi) is 4.48. The highest BCUT2D eigenvalue weighted by atomic mass is 16.3. The molecule has 0 bridgehead atoms. The first-order chi connectivity index (χ1) is 8.15. The van der Waals surface area contributed by atoms with E-state index in [2.05, 4.69) is 18.9 Å². The third-order valence-electron chi connectivity index (χ3n) is 4.93. The van der Waals surface area contributed by atoms with Crippen LogP contribution in [0.2, 0.25) is 0 Å². The molecule has 0 aliphatic heterocycles. The Hall–Kier alpha value is -0.0800. The topological polar surface area (TPSA) is 23.5 Å². The molecule has 0 aromatic rings. The number of aliphatic hydroxyl groups excluding tert-OH is 1. The van der Waals surface area contributed by atoms with E-state index < -0.39 is 0 Å². The zero-order chi connectivity index (χ0) is 12.3. The van der Waals surface area contributed by atoms with Crippen molar-refractivity contribution in [2.75, 3.05) is 26.7 Å². The predicted molar refractivity (Wildman–Crippen MR) is 72.0 cm³/mol. The van der Waals surface area contributed by atoms with Crippen molar-refractivity contribution in [2.45, 2.75) is 51.9 Å². The molecule has 2 nitrogen and oxygen atoms in total. The average Bonchev–Trinajstić information content (AvgIpc) is 3.02. The molecule has 2 fully saturated rings. The molecular weight excluding hydrogens is 210 g/mol. The number of aliphatic hydroxyl groups is 1. The fourth-order valence-corrected chi connectivity index (χ4v) is 3.54. The molecule has 0 heterocycles. The molecule has 2 heteroatoms. The number of nitrogens with zero attached hydrogens (tertiary/aromatic N) is 1. The molecule has 0 aromatic carbocycles. The van der Waals surface area contributed by atoms with Crippen molar-refractivity contribution in [1.82, 2.24) is 4.90 Å². The fraction of sp³-hybridized carbons (Fsp3) is 1.00. The summed E-state index contributed by atoms with van der Waals surface area (Å²) in [5, 5.41) is 9.79. The predicted octanol–water partition coefficient (Wildman–Crippen LogP) is 2.91. The van der Waals surface area contributed by atoms with Crippen molar-refractivity contribution in [3.8, 4) is 0 Å². The summed E-state index contributed by atoms with van der Waals surface area (Å²) in [5.41, 5.74) is 0.212. The van der Waals surface area contributed by atoms with Crippen LogP contribution in [0.4, 0.5) is 0 Å². The van der Waals surface area contributed by atoms with Crippen LogP contribution in [-0.4, -0.2) is 36.8 Å². The van der Waals surface area contributed by atoms with E-state index in [0.29, 0.717) is 6.61 Å². The zero-order valence-corrected chi connectivity index (χ0v) is 11.6. The highest BCUT2D eigenvalue weighted by Gasteiger charge is 2.36. The first kappa shape index (κ1) is 13.4. The Morgan fingerprint density at radius 2 is 1.76 bits per heavy atom. The molecule has 17 heavy (non-hydrogen) atoms. The monoisotopic (exact) mass is 239 g/mol. The molecule has 0 radical (unpaired) electrons. The van der Waals surface area contributed by atoms with Gasteiger partial charge >= 0.3 is 0 Å². The lowest BCUT2D eigenvalue weighted by Crippen LogP contribution is -2.39. The summed E-state index contributed by atoms with van der Waals surface area (Å²) < 4.78 is 0. The summed E-state index contributed by atoms with van der Waals surface area (Å²) in [5.74, 6) is 1.87. The Labute approximate surface area is 106 Å². The number of rotatable bonds is 5. The van der Waals surface area contributed by atoms with E-state index in [1.54, 1.807) is 0 Å². The van der Waals surface area contributed by atoms with Gasteiger partial charge in [-0.25, -0.2) is 0 Å². The summed E-state index contributed by atoms with van der Waals surface area (Å²) in [4.78, 5) is 2.48. The highest BCUT2D eigenvalue weighted by molar-refractivity contribution is 4.88. The highest BCUT2D eigenvalue weighted by Crippen LogP contribution is 2.40. The largest absolute Gasteiger partial charge is 0.396 e. The third kappa shape index (κ3) is 3.69. The minimum absolute atomic E-state index is 0.212. The van der Waals surface area contributed by atoms with Gasteiger partial charge in [-0.05, 0) is 38.1 Å². The Morgan fingerprint density at radius 3 is 2.24 bits per heavy atom. The second kappa shape index (κ2) is 5.71. The molecular formula is C15H29NO. The second-order valence-corrected chi connectivity index (χ2v) is 6.74. The maximum absolute atomic E-state index is 9.79. The molecule has 0 amide bonds. The van der Waals surface area contributed by atoms with Crippen LogP contribution in [0.3, 0.4) is 0 Å². The first-order valence-corrected chi connectivity index (χ1v) is 7.45. The van der Waals surface area contributed by atoms with Crippen LogP contribution in [0.1, 0.15) is 51.9 Å². The lowest BCUT2D eigenvalue weighted by molar-refractivity contribution is 0.0668. The van der Waals surface area contributed by atoms with Gasteiger partial charge in [-0.15, -0.1) is 0 Å². The summed E-state index contributed by atoms with van der Waals surface area (Å²) in [6.45, 7) is 5.08. The third-order valence-corrected chi connectivity index (χ3v) is 4.93. The summed E-state index contributed by atoms with van der Waals surface area (Å²) in [6.07, 6.45) is 9.23. The van der Waals surface area contributed by atoms with Crippen LogP contribution in [0.25, 0.3) is 0 Å². The summed E-state index contributed by atoms with van der Waals surface area (Å²) >= 11 is 0. The SMILES string of the molecule is CC1CC1CN(C)CC1(CO)CCCCCC1. The molecule has 0 spiro atoms. The molecule has 2 aliphatic carbocycles. The van der Waals surface area contributed by atoms with Gasteiger partial charge in [0.05, 0.1) is 0 Å². The Bertz CT molecular complexity index is 233. The molecule has 2 aliphatic rings. The number of hydrogen-bond donors (Lipinski definition) is 1. The van der Waals surface area contributed by atoms with Crippen LogP contribution in [0.15, 0.2) is 0 Å². The summed E-state index contributed by atoms with van der Waals surface area (Å²) in [6, 6.07) is 0. The van der Waals surface area contributed by atoms with Gasteiger partial charge in [0.25, 0.3) is 0 Å². The van der Waals surface area contributed by atoms with Crippen LogP contribution in [0, 0.1) is 17.3 Å². The fourth-order valence-electron chi connectivity index (χ4n) is 3.54. The van der Waals surface area contributed by atoms with Gasteiger partial charge in [-0.1, -0.05) is 32.6 Å². The summed E-state index contributed by atoms with van der Waals surface area (Å²) in [7, 11) is 2.24. The van der Waals surface area contributed by atoms with Gasteiger partial charge in [0.2, 0.25) is 0 Å². The van der Waals surface area contributed by atoms with E-state index in [0.717, 1.165) is 18.4 Å². The molecule has 100 valence electrons. The molecule has 0 saturated heterocycles. The van der Waals surface area contributed by atoms with Crippen molar-refractivity contribution < 1.29 is 5.11 Å². The van der Waals surface area contributed by atoms with Crippen molar-refractivity contribution in [2.24, 2.45) is 17.3 Å². The van der Waals surface area contributed by atoms with E-state index in [1.807, 2.05) is 0 Å². The molecule has 1 N–H and O–H groups in total. The minimum atomic E-state index is 0.212. The van der Waals surface area contributed by atoms with E-state index in [-0.39, 0.29) is 5.41 Å². The normalized spacial score (nSPS) is 32.5. The lowest BCUT2D eigenvalue weighted by Gasteiger charge is -2.35. The van der Waals surface area contributed by atoms with E-state index in [4.69, 9.17) is 0 Å². The van der Waals surface area contributed by atoms with Crippen molar-refractivity contribution in [3.63, 3.8) is 0 Å². The minimum Gasteiger partial charge on any atom is -0.396 e. The van der Waals surface area contributed by atoms with Crippen molar-refractivity contribution in [3.05, 3.63) is 0 Å². The van der Waals surface area contributed by atoms with E-state index >= 15 is 0 Å². The van der Waals surface area contributed by atoms with E-state index in [1.165, 1.54) is 51.5 Å². The smallest absolute Gasteiger partial charge is 0.0499 e. The zero-order valence-electron chi connectivity index (χ0n) is 11.6. The number of hydrogen-bond acceptors (Lipinski definition) is 2. The average molecular weight is 239 g/mol. The quantitative estimate of drug-likeness (QED) is 0.746. The maximum atomic E-state index is 9.79. The van der Waals surface area contributed by atoms with Gasteiger partial charge in [0.1, 0.15) is 0 Å². The van der Waals surface area contributed by atoms with Gasteiger partial charge in [0, 0.05) is 25.1 Å². The van der Waals surface area contributed by atoms with E-state index in [9.17, 15) is 5.11 Å². The van der Waals surface area contributed by atoms with Crippen molar-refractivity contribution >= 4 is 0 Å². The molecule has 0 aromatic heterocycles. The maximum Gasteiger partial charge on any atom is 0.0499 e. The molecule has 2 saturated carbocycles. The lowest BCUT2D eigenvalue weighted by atomic mass is 9.80. The van der Waals surface area contributed by atoms with Gasteiger partial charge in [-0.2, -0.15) is 0 Å². The Morgan fingerprint density at radius 1 is 1.18 bits per heavy atom. The molecule has 2 unspecified atom stereocenters. The van der Waals surface area contributed by atoms with Crippen LogP contribution in [0.5, 0.6) is 0 Å². The van der Waals surface area contributed by atoms with Crippen LogP contribution in [-0.2, 0) is 0 Å². The molecule has 2 rings (SSSR count). The Balaban J connectivity index is 1.83. The van der Waals surface area contributed by atoms with Gasteiger partial charge in [0.15, 0.2) is 0 Å². The first-order valence-electron chi connectivity index (χ1n) is 7.45. The second-order valence-electron chi connectivity index (χ2n) is 6.74. The van der Waals surface area contributed by atoms with Gasteiger partial charge in [-0.3, -0.25) is 0 Å². The molecule has 2 atom stereocenters. The van der Waals surface area contributed by atoms with Crippen LogP contribution >= 0.6 is 0 Å². The van der Waals surface area contributed by atoms with Gasteiger partial charge < -0.3 is 10.0 Å². The van der Waals surface area contributed by atoms with Crippen LogP contribution < -0.4 is 0 Å². The van der Waals surface area contributed by atoms with Crippen molar-refractivity contribution in [1.29, 1.82) is 0 Å². The standard InChI is InChI=1S/C15H29NO/c1-13-9-14(13)10-16(2)11-15(12-17)7-5-3-4-6-8-15/h13-14,17H,3-12H2,1-2H3.